The number of ether oxygens (including phenoxy) is 1. The molecule has 3 rings (SSSR count). The fourth-order valence-electron chi connectivity index (χ4n) is 3.18. The van der Waals surface area contributed by atoms with Crippen molar-refractivity contribution in [1.29, 1.82) is 0 Å². The normalized spacial score (nSPS) is 14.4. The van der Waals surface area contributed by atoms with Gasteiger partial charge in [-0.25, -0.2) is 0 Å². The van der Waals surface area contributed by atoms with Gasteiger partial charge in [0.25, 0.3) is 17.7 Å². The lowest BCUT2D eigenvalue weighted by Gasteiger charge is -2.28. The predicted molar refractivity (Wildman–Crippen MR) is 118 cm³/mol. The summed E-state index contributed by atoms with van der Waals surface area (Å²) in [7, 11) is 3.31. The first-order valence-corrected chi connectivity index (χ1v) is 10.2. The number of carbonyl (C=O) groups is 3. The van der Waals surface area contributed by atoms with E-state index in [1.165, 1.54) is 16.0 Å². The summed E-state index contributed by atoms with van der Waals surface area (Å²) < 4.78 is 5.20. The van der Waals surface area contributed by atoms with Crippen LogP contribution >= 0.6 is 0 Å². The van der Waals surface area contributed by atoms with Gasteiger partial charge in [-0.05, 0) is 24.3 Å². The summed E-state index contributed by atoms with van der Waals surface area (Å²) in [5, 5.41) is 15.9. The number of hydrogen-bond acceptors (Lipinski definition) is 7. The van der Waals surface area contributed by atoms with E-state index in [0.29, 0.717) is 48.8 Å². The Morgan fingerprint density at radius 2 is 1.97 bits per heavy atom. The van der Waals surface area contributed by atoms with Crippen molar-refractivity contribution in [3.63, 3.8) is 0 Å². The Kier molecular flexibility index (Phi) is 7.74. The monoisotopic (exact) mass is 441 g/mol. The van der Waals surface area contributed by atoms with Gasteiger partial charge >= 0.3 is 0 Å². The van der Waals surface area contributed by atoms with Gasteiger partial charge in [0.2, 0.25) is 0 Å². The molecule has 2 aromatic rings. The van der Waals surface area contributed by atoms with Crippen molar-refractivity contribution < 1.29 is 24.2 Å². The molecule has 2 heterocycles. The van der Waals surface area contributed by atoms with Crippen LogP contribution in [0.2, 0.25) is 0 Å². The Hall–Kier alpha value is -3.50. The zero-order valence-corrected chi connectivity index (χ0v) is 18.1. The maximum Gasteiger partial charge on any atom is 0.257 e. The average Bonchev–Trinajstić information content (AvgIpc) is 2.82. The van der Waals surface area contributed by atoms with Gasteiger partial charge in [0, 0.05) is 50.8 Å². The molecule has 0 aliphatic carbocycles. The van der Waals surface area contributed by atoms with Crippen molar-refractivity contribution in [1.82, 2.24) is 20.1 Å². The molecule has 1 aliphatic rings. The maximum absolute atomic E-state index is 12.6. The third-order valence-corrected chi connectivity index (χ3v) is 4.93. The number of aliphatic hydroxyl groups is 1. The second-order valence-corrected chi connectivity index (χ2v) is 7.49. The number of benzene rings is 1. The van der Waals surface area contributed by atoms with Crippen LogP contribution in [0, 0.1) is 0 Å². The van der Waals surface area contributed by atoms with E-state index in [1.807, 2.05) is 0 Å². The lowest BCUT2D eigenvalue weighted by molar-refractivity contribution is -0.143. The number of aliphatic hydroxyl groups excluding tert-OH is 1. The van der Waals surface area contributed by atoms with Crippen LogP contribution < -0.4 is 10.6 Å². The van der Waals surface area contributed by atoms with Gasteiger partial charge in [-0.15, -0.1) is 0 Å². The van der Waals surface area contributed by atoms with E-state index in [2.05, 4.69) is 15.6 Å². The molecule has 10 heteroatoms. The minimum atomic E-state index is -1.32. The summed E-state index contributed by atoms with van der Waals surface area (Å²) in [5.74, 6) is -1.06. The highest BCUT2D eigenvalue weighted by Crippen LogP contribution is 2.22. The number of morpholine rings is 1. The molecule has 0 spiro atoms. The molecule has 0 bridgehead atoms. The standard InChI is InChI=1S/C22H27N5O5/c1-26(2)21(30)17-13-23-7-6-18(17)25-16-5-3-4-15(12-16)20(29)24-14-19(28)22(31)27-8-10-32-11-9-27/h3-7,12-13,19,28H,8-11,14H2,1-2H3,(H,23,25)(H,24,29). The zero-order valence-electron chi connectivity index (χ0n) is 18.1. The molecule has 1 fully saturated rings. The molecule has 1 aromatic heterocycles. The van der Waals surface area contributed by atoms with Crippen LogP contribution in [0.4, 0.5) is 11.4 Å². The highest BCUT2D eigenvalue weighted by atomic mass is 16.5. The minimum Gasteiger partial charge on any atom is -0.381 e. The number of amides is 3. The topological polar surface area (TPSA) is 124 Å². The Morgan fingerprint density at radius 1 is 1.22 bits per heavy atom. The van der Waals surface area contributed by atoms with Crippen LogP contribution in [0.25, 0.3) is 0 Å². The summed E-state index contributed by atoms with van der Waals surface area (Å²) in [6.45, 7) is 1.52. The predicted octanol–water partition coefficient (Wildman–Crippen LogP) is 0.477. The Bertz CT molecular complexity index is 975. The molecule has 0 radical (unpaired) electrons. The smallest absolute Gasteiger partial charge is 0.257 e. The maximum atomic E-state index is 12.6. The van der Waals surface area contributed by atoms with Crippen LogP contribution in [0.1, 0.15) is 20.7 Å². The van der Waals surface area contributed by atoms with Crippen LogP contribution in [0.3, 0.4) is 0 Å². The molecule has 1 unspecified atom stereocenters. The zero-order chi connectivity index (χ0) is 23.1. The second kappa shape index (κ2) is 10.7. The molecule has 3 amide bonds. The van der Waals surface area contributed by atoms with Gasteiger partial charge in [0.15, 0.2) is 0 Å². The summed E-state index contributed by atoms with van der Waals surface area (Å²) in [6.07, 6.45) is 1.72. The van der Waals surface area contributed by atoms with Gasteiger partial charge in [0.1, 0.15) is 6.10 Å². The molecule has 1 aliphatic heterocycles. The van der Waals surface area contributed by atoms with Crippen molar-refractivity contribution in [3.05, 3.63) is 53.9 Å². The molecule has 170 valence electrons. The molecule has 0 saturated carbocycles. The van der Waals surface area contributed by atoms with E-state index in [0.717, 1.165) is 0 Å². The van der Waals surface area contributed by atoms with Gasteiger partial charge < -0.3 is 30.3 Å². The summed E-state index contributed by atoms with van der Waals surface area (Å²) in [4.78, 5) is 44.2. The van der Waals surface area contributed by atoms with Crippen molar-refractivity contribution in [3.8, 4) is 0 Å². The molecule has 32 heavy (non-hydrogen) atoms. The van der Waals surface area contributed by atoms with Crippen LogP contribution in [0.5, 0.6) is 0 Å². The van der Waals surface area contributed by atoms with Gasteiger partial charge in [-0.3, -0.25) is 19.4 Å². The first-order chi connectivity index (χ1) is 15.4. The van der Waals surface area contributed by atoms with E-state index in [1.54, 1.807) is 50.6 Å². The summed E-state index contributed by atoms with van der Waals surface area (Å²) >= 11 is 0. The third-order valence-electron chi connectivity index (χ3n) is 4.93. The second-order valence-electron chi connectivity index (χ2n) is 7.49. The highest BCUT2D eigenvalue weighted by Gasteiger charge is 2.24. The van der Waals surface area contributed by atoms with Crippen LogP contribution in [-0.2, 0) is 9.53 Å². The van der Waals surface area contributed by atoms with E-state index in [-0.39, 0.29) is 12.5 Å². The highest BCUT2D eigenvalue weighted by molar-refractivity contribution is 6.00. The van der Waals surface area contributed by atoms with Crippen molar-refractivity contribution >= 4 is 29.1 Å². The average molecular weight is 441 g/mol. The van der Waals surface area contributed by atoms with E-state index >= 15 is 0 Å². The van der Waals surface area contributed by atoms with E-state index in [9.17, 15) is 19.5 Å². The number of pyridine rings is 1. The van der Waals surface area contributed by atoms with Crippen molar-refractivity contribution in [2.45, 2.75) is 6.10 Å². The van der Waals surface area contributed by atoms with Crippen LogP contribution in [0.15, 0.2) is 42.7 Å². The Morgan fingerprint density at radius 3 is 2.69 bits per heavy atom. The number of nitrogens with one attached hydrogen (secondary N) is 2. The third kappa shape index (κ3) is 5.80. The van der Waals surface area contributed by atoms with E-state index < -0.39 is 17.9 Å². The summed E-state index contributed by atoms with van der Waals surface area (Å²) in [5.41, 5.74) is 1.90. The fraction of sp³-hybridized carbons (Fsp3) is 0.364. The van der Waals surface area contributed by atoms with Gasteiger partial charge in [0.05, 0.1) is 31.0 Å². The van der Waals surface area contributed by atoms with Crippen molar-refractivity contribution in [2.75, 3.05) is 52.3 Å². The number of rotatable bonds is 7. The number of hydrogen-bond donors (Lipinski definition) is 3. The molecule has 1 atom stereocenters. The van der Waals surface area contributed by atoms with Gasteiger partial charge in [-0.2, -0.15) is 0 Å². The fourth-order valence-corrected chi connectivity index (χ4v) is 3.18. The largest absolute Gasteiger partial charge is 0.381 e. The number of anilines is 2. The van der Waals surface area contributed by atoms with Crippen molar-refractivity contribution in [2.24, 2.45) is 0 Å². The molecular formula is C22H27N5O5. The molecule has 3 N–H and O–H groups in total. The number of nitrogens with zero attached hydrogens (tertiary/aromatic N) is 3. The quantitative estimate of drug-likeness (QED) is 0.571. The van der Waals surface area contributed by atoms with Crippen LogP contribution in [-0.4, -0.2) is 90.7 Å². The Balaban J connectivity index is 1.63. The first kappa shape index (κ1) is 23.2. The molecule has 10 nitrogen and oxygen atoms in total. The Labute approximate surface area is 186 Å². The van der Waals surface area contributed by atoms with E-state index in [4.69, 9.17) is 4.74 Å². The molecular weight excluding hydrogens is 414 g/mol. The number of carbonyl (C=O) groups excluding carboxylic acids is 3. The lowest BCUT2D eigenvalue weighted by atomic mass is 10.1. The molecule has 1 aromatic carbocycles. The SMILES string of the molecule is CN(C)C(=O)c1cnccc1Nc1cccc(C(=O)NCC(O)C(=O)N2CCOCC2)c1. The summed E-state index contributed by atoms with van der Waals surface area (Å²) in [6, 6.07) is 8.38. The molecule has 1 saturated heterocycles. The lowest BCUT2D eigenvalue weighted by Crippen LogP contribution is -2.49. The minimum absolute atomic E-state index is 0.196. The number of aromatic nitrogens is 1. The van der Waals surface area contributed by atoms with Gasteiger partial charge in [-0.1, -0.05) is 6.07 Å². The first-order valence-electron chi connectivity index (χ1n) is 10.2.